The molecule has 6 nitrogen and oxygen atoms in total. The van der Waals surface area contributed by atoms with Crippen LogP contribution in [0.15, 0.2) is 36.4 Å². The average Bonchev–Trinajstić information content (AvgIpc) is 2.54. The van der Waals surface area contributed by atoms with E-state index in [1.165, 1.54) is 0 Å². The van der Waals surface area contributed by atoms with E-state index in [2.05, 4.69) is 0 Å². The molecule has 0 aliphatic heterocycles. The van der Waals surface area contributed by atoms with Gasteiger partial charge in [0, 0.05) is 5.39 Å². The van der Waals surface area contributed by atoms with E-state index in [-0.39, 0.29) is 32.1 Å². The van der Waals surface area contributed by atoms with Crippen LogP contribution >= 0.6 is 0 Å². The molecule has 0 saturated heterocycles. The summed E-state index contributed by atoms with van der Waals surface area (Å²) in [6.07, 6.45) is 0. The molecule has 24 heavy (non-hydrogen) atoms. The van der Waals surface area contributed by atoms with E-state index in [1.54, 1.807) is 36.4 Å². The molecule has 6 heteroatoms. The Morgan fingerprint density at radius 2 is 0.833 bits per heavy atom. The fraction of sp³-hybridized carbons (Fsp3) is 0. The first-order chi connectivity index (χ1) is 11.4. The topological polar surface area (TPSA) is 143 Å². The lowest BCUT2D eigenvalue weighted by molar-refractivity contribution is 1.14. The zero-order valence-electron chi connectivity index (χ0n) is 12.5. The Morgan fingerprint density at radius 1 is 0.417 bits per heavy atom. The highest BCUT2D eigenvalue weighted by molar-refractivity contribution is 6.24. The molecule has 0 bridgehead atoms. The lowest BCUT2D eigenvalue weighted by Crippen LogP contribution is -2.26. The van der Waals surface area contributed by atoms with Crippen molar-refractivity contribution in [3.05, 3.63) is 68.5 Å². The fourth-order valence-electron chi connectivity index (χ4n) is 3.18. The van der Waals surface area contributed by atoms with Gasteiger partial charge in [-0.15, -0.1) is 0 Å². The molecule has 0 fully saturated rings. The first-order valence-electron chi connectivity index (χ1n) is 7.22. The maximum atomic E-state index is 8.29. The van der Waals surface area contributed by atoms with E-state index in [0.29, 0.717) is 16.2 Å². The van der Waals surface area contributed by atoms with Crippen LogP contribution in [0.4, 0.5) is 0 Å². The standard InChI is InChI=1S/C18H12N6/c19-12-2-1-7-8-3-13(20)14(21)4-9(8)10-5-15(22)16(23)6-11(10)17(7)18(12)24/h1-6,19-24H. The fourth-order valence-corrected chi connectivity index (χ4v) is 3.18. The molecule has 4 aromatic carbocycles. The number of benzene rings is 4. The normalized spacial score (nSPS) is 11.5. The summed E-state index contributed by atoms with van der Waals surface area (Å²) in [7, 11) is 0. The van der Waals surface area contributed by atoms with Gasteiger partial charge in [0.2, 0.25) is 0 Å². The van der Waals surface area contributed by atoms with Gasteiger partial charge in [0.25, 0.3) is 0 Å². The molecule has 0 atom stereocenters. The van der Waals surface area contributed by atoms with Crippen molar-refractivity contribution in [2.75, 3.05) is 0 Å². The number of nitrogens with one attached hydrogen (secondary N) is 6. The van der Waals surface area contributed by atoms with Crippen LogP contribution in [0, 0.1) is 32.5 Å². The van der Waals surface area contributed by atoms with Crippen LogP contribution in [0.25, 0.3) is 32.3 Å². The molecule has 0 aromatic heterocycles. The Morgan fingerprint density at radius 3 is 1.38 bits per heavy atom. The predicted molar refractivity (Wildman–Crippen MR) is 87.6 cm³/mol. The summed E-state index contributed by atoms with van der Waals surface area (Å²) in [5.74, 6) is 0. The first-order valence-corrected chi connectivity index (χ1v) is 7.22. The lowest BCUT2D eigenvalue weighted by Gasteiger charge is -2.10. The maximum Gasteiger partial charge on any atom is 0.0874 e. The van der Waals surface area contributed by atoms with E-state index >= 15 is 0 Å². The summed E-state index contributed by atoms with van der Waals surface area (Å²) in [6, 6.07) is 9.61. The van der Waals surface area contributed by atoms with Gasteiger partial charge in [-0.25, -0.2) is 0 Å². The van der Waals surface area contributed by atoms with Crippen molar-refractivity contribution < 1.29 is 0 Å². The summed E-state index contributed by atoms with van der Waals surface area (Å²) in [4.78, 5) is 0. The zero-order chi connectivity index (χ0) is 17.2. The Balaban J connectivity index is 2.59. The van der Waals surface area contributed by atoms with Gasteiger partial charge in [-0.05, 0) is 57.3 Å². The van der Waals surface area contributed by atoms with Gasteiger partial charge in [-0.2, -0.15) is 0 Å². The van der Waals surface area contributed by atoms with Crippen LogP contribution in [0.3, 0.4) is 0 Å². The summed E-state index contributed by atoms with van der Waals surface area (Å²) in [6.45, 7) is 0. The highest BCUT2D eigenvalue weighted by Crippen LogP contribution is 2.30. The molecule has 0 radical (unpaired) electrons. The smallest absolute Gasteiger partial charge is 0.0874 e. The van der Waals surface area contributed by atoms with Gasteiger partial charge in [-0.3, -0.25) is 32.5 Å². The van der Waals surface area contributed by atoms with E-state index in [4.69, 9.17) is 32.5 Å². The third kappa shape index (κ3) is 1.70. The highest BCUT2D eigenvalue weighted by Gasteiger charge is 2.11. The summed E-state index contributed by atoms with van der Waals surface area (Å²) in [5, 5.41) is 52.4. The molecule has 0 aliphatic carbocycles. The molecule has 0 amide bonds. The van der Waals surface area contributed by atoms with Crippen LogP contribution in [0.2, 0.25) is 0 Å². The maximum absolute atomic E-state index is 8.29. The third-order valence-electron chi connectivity index (χ3n) is 4.37. The van der Waals surface area contributed by atoms with Crippen LogP contribution < -0.4 is 32.1 Å². The Hall–Kier alpha value is -3.54. The number of hydrogen-bond donors (Lipinski definition) is 6. The number of hydrogen-bond acceptors (Lipinski definition) is 6. The lowest BCUT2D eigenvalue weighted by atomic mass is 9.93. The van der Waals surface area contributed by atoms with Gasteiger partial charge in [0.1, 0.15) is 0 Å². The van der Waals surface area contributed by atoms with Crippen molar-refractivity contribution in [3.63, 3.8) is 0 Å². The van der Waals surface area contributed by atoms with Crippen molar-refractivity contribution >= 4 is 32.3 Å². The van der Waals surface area contributed by atoms with Gasteiger partial charge >= 0.3 is 0 Å². The summed E-state index contributed by atoms with van der Waals surface area (Å²) in [5.41, 5.74) is 0. The Labute approximate surface area is 134 Å². The van der Waals surface area contributed by atoms with Crippen molar-refractivity contribution in [1.29, 1.82) is 32.5 Å². The molecular weight excluding hydrogens is 300 g/mol. The molecule has 6 N–H and O–H groups in total. The minimum atomic E-state index is 0.0566. The predicted octanol–water partition coefficient (Wildman–Crippen LogP) is 0.336. The SMILES string of the molecule is N=c1cc2c(cc1=N)c1ccc(=N)c(=N)c1c1cc(=N)c(=N)cc21. The molecule has 0 spiro atoms. The second-order valence-corrected chi connectivity index (χ2v) is 5.80. The van der Waals surface area contributed by atoms with E-state index in [9.17, 15) is 0 Å². The molecule has 4 rings (SSSR count). The van der Waals surface area contributed by atoms with Crippen LogP contribution in [-0.2, 0) is 0 Å². The first kappa shape index (κ1) is 14.1. The Kier molecular flexibility index (Phi) is 2.63. The molecule has 114 valence electrons. The molecule has 0 heterocycles. The van der Waals surface area contributed by atoms with Crippen molar-refractivity contribution in [2.45, 2.75) is 0 Å². The second-order valence-electron chi connectivity index (χ2n) is 5.80. The van der Waals surface area contributed by atoms with Crippen LogP contribution in [-0.4, -0.2) is 0 Å². The van der Waals surface area contributed by atoms with Crippen molar-refractivity contribution in [3.8, 4) is 0 Å². The highest BCUT2D eigenvalue weighted by atomic mass is 14.5. The minimum absolute atomic E-state index is 0.0566. The van der Waals surface area contributed by atoms with E-state index in [1.807, 2.05) is 0 Å². The van der Waals surface area contributed by atoms with Crippen molar-refractivity contribution in [2.24, 2.45) is 0 Å². The average molecular weight is 312 g/mol. The molecule has 4 aromatic rings. The molecule has 0 saturated carbocycles. The molecule has 0 aliphatic rings. The third-order valence-corrected chi connectivity index (χ3v) is 4.37. The number of fused-ring (bicyclic) bond motifs is 6. The van der Waals surface area contributed by atoms with Crippen molar-refractivity contribution in [1.82, 2.24) is 0 Å². The van der Waals surface area contributed by atoms with Crippen LogP contribution in [0.5, 0.6) is 0 Å². The second kappa shape index (κ2) is 4.48. The quantitative estimate of drug-likeness (QED) is 0.249. The largest absolute Gasteiger partial charge is 0.299 e. The summed E-state index contributed by atoms with van der Waals surface area (Å²) >= 11 is 0. The van der Waals surface area contributed by atoms with E-state index < -0.39 is 0 Å². The monoisotopic (exact) mass is 312 g/mol. The molecule has 0 unspecified atom stereocenters. The zero-order valence-corrected chi connectivity index (χ0v) is 12.5. The molecular formula is C18H12N6. The summed E-state index contributed by atoms with van der Waals surface area (Å²) < 4.78 is 0. The van der Waals surface area contributed by atoms with Gasteiger partial charge < -0.3 is 0 Å². The number of rotatable bonds is 0. The van der Waals surface area contributed by atoms with Gasteiger partial charge in [0.15, 0.2) is 0 Å². The van der Waals surface area contributed by atoms with E-state index in [0.717, 1.165) is 16.2 Å². The van der Waals surface area contributed by atoms with Gasteiger partial charge in [-0.1, -0.05) is 6.07 Å². The van der Waals surface area contributed by atoms with Crippen LogP contribution in [0.1, 0.15) is 0 Å². The van der Waals surface area contributed by atoms with Gasteiger partial charge in [0.05, 0.1) is 32.1 Å². The Bertz CT molecular complexity index is 1470. The minimum Gasteiger partial charge on any atom is -0.299 e.